The van der Waals surface area contributed by atoms with E-state index in [4.69, 9.17) is 9.47 Å². The van der Waals surface area contributed by atoms with E-state index in [1.165, 1.54) is 7.11 Å². The first-order chi connectivity index (χ1) is 12.0. The molecule has 0 aromatic heterocycles. The molecule has 136 valence electrons. The Bertz CT molecular complexity index is 608. The Morgan fingerprint density at radius 2 is 2.04 bits per heavy atom. The lowest BCUT2D eigenvalue weighted by atomic mass is 9.96. The van der Waals surface area contributed by atoms with Crippen LogP contribution in [0.2, 0.25) is 0 Å². The van der Waals surface area contributed by atoms with Crippen LogP contribution in [-0.4, -0.2) is 36.7 Å². The zero-order valence-electron chi connectivity index (χ0n) is 14.8. The van der Waals surface area contributed by atoms with Gasteiger partial charge in [-0.15, -0.1) is 13.2 Å². The highest BCUT2D eigenvalue weighted by molar-refractivity contribution is 5.95. The number of aliphatic hydroxyl groups is 1. The fourth-order valence-electron chi connectivity index (χ4n) is 2.52. The lowest BCUT2D eigenvalue weighted by Gasteiger charge is -2.21. The maximum Gasteiger partial charge on any atom is 0.342 e. The van der Waals surface area contributed by atoms with Gasteiger partial charge in [-0.2, -0.15) is 0 Å². The molecule has 1 N–H and O–H groups in total. The van der Waals surface area contributed by atoms with E-state index >= 15 is 0 Å². The van der Waals surface area contributed by atoms with Crippen molar-refractivity contribution in [2.45, 2.75) is 38.4 Å². The third-order valence-electron chi connectivity index (χ3n) is 3.98. The number of hydrogen-bond acceptors (Lipinski definition) is 5. The summed E-state index contributed by atoms with van der Waals surface area (Å²) < 4.78 is 10.5. The predicted molar refractivity (Wildman–Crippen MR) is 96.8 cm³/mol. The standard InChI is InChI=1S/C20H26O5/c1-5-8-14(3)17(22)12-16(13-21)25-20(23)19-15(9-6-2)10-7-11-18(19)24-4/h5-7,10-11,13-14,16-17,22H,1-2,8-9,12H2,3-4H3/t14-,16+,17-/m0/s1. The Balaban J connectivity index is 2.94. The van der Waals surface area contributed by atoms with Crippen molar-refractivity contribution in [3.8, 4) is 5.75 Å². The Labute approximate surface area is 149 Å². The third kappa shape index (κ3) is 5.87. The van der Waals surface area contributed by atoms with E-state index < -0.39 is 18.2 Å². The van der Waals surface area contributed by atoms with Crippen LogP contribution in [0.3, 0.4) is 0 Å². The summed E-state index contributed by atoms with van der Waals surface area (Å²) in [5.41, 5.74) is 0.968. The second-order valence-corrected chi connectivity index (χ2v) is 5.87. The van der Waals surface area contributed by atoms with Crippen LogP contribution in [0.1, 0.15) is 35.7 Å². The average molecular weight is 346 g/mol. The molecule has 0 radical (unpaired) electrons. The molecule has 0 spiro atoms. The molecular weight excluding hydrogens is 320 g/mol. The third-order valence-corrected chi connectivity index (χ3v) is 3.98. The highest BCUT2D eigenvalue weighted by atomic mass is 16.5. The van der Waals surface area contributed by atoms with Crippen LogP contribution in [0.15, 0.2) is 43.5 Å². The molecule has 1 rings (SSSR count). The van der Waals surface area contributed by atoms with Crippen molar-refractivity contribution in [3.05, 3.63) is 54.6 Å². The number of carbonyl (C=O) groups is 2. The van der Waals surface area contributed by atoms with Gasteiger partial charge in [0, 0.05) is 6.42 Å². The zero-order valence-corrected chi connectivity index (χ0v) is 14.8. The normalized spacial score (nSPS) is 14.0. The summed E-state index contributed by atoms with van der Waals surface area (Å²) in [6.07, 6.45) is 3.21. The number of esters is 1. The lowest BCUT2D eigenvalue weighted by molar-refractivity contribution is -0.117. The minimum absolute atomic E-state index is 0.0379. The monoisotopic (exact) mass is 346 g/mol. The SMILES string of the molecule is C=CCc1cccc(OC)c1C(=O)O[C@@H](C=O)C[C@H](O)[C@@H](C)CC=C. The molecule has 3 atom stereocenters. The van der Waals surface area contributed by atoms with Crippen LogP contribution in [0.5, 0.6) is 5.75 Å². The van der Waals surface area contributed by atoms with E-state index in [1.807, 2.05) is 6.92 Å². The molecule has 0 aliphatic heterocycles. The number of carbonyl (C=O) groups excluding carboxylic acids is 2. The molecule has 0 amide bonds. The maximum absolute atomic E-state index is 12.6. The molecule has 0 saturated heterocycles. The van der Waals surface area contributed by atoms with Crippen LogP contribution >= 0.6 is 0 Å². The molecule has 0 bridgehead atoms. The Kier molecular flexibility index (Phi) is 8.64. The summed E-state index contributed by atoms with van der Waals surface area (Å²) in [4.78, 5) is 23.9. The second kappa shape index (κ2) is 10.5. The Hall–Kier alpha value is -2.40. The number of methoxy groups -OCH3 is 1. The summed E-state index contributed by atoms with van der Waals surface area (Å²) in [7, 11) is 1.46. The van der Waals surface area contributed by atoms with Gasteiger partial charge in [-0.25, -0.2) is 4.79 Å². The molecule has 0 fully saturated rings. The highest BCUT2D eigenvalue weighted by Gasteiger charge is 2.25. The summed E-state index contributed by atoms with van der Waals surface area (Å²) in [5, 5.41) is 10.1. The van der Waals surface area contributed by atoms with Gasteiger partial charge in [0.05, 0.1) is 13.2 Å². The minimum atomic E-state index is -1.03. The summed E-state index contributed by atoms with van der Waals surface area (Å²) in [6.45, 7) is 9.15. The molecule has 1 aromatic rings. The van der Waals surface area contributed by atoms with Crippen LogP contribution in [-0.2, 0) is 16.0 Å². The van der Waals surface area contributed by atoms with E-state index in [0.717, 1.165) is 0 Å². The predicted octanol–water partition coefficient (Wildman–Crippen LogP) is 3.11. The van der Waals surface area contributed by atoms with Crippen LogP contribution in [0, 0.1) is 5.92 Å². The van der Waals surface area contributed by atoms with Crippen molar-refractivity contribution in [2.24, 2.45) is 5.92 Å². The molecule has 0 aliphatic carbocycles. The molecule has 0 unspecified atom stereocenters. The van der Waals surface area contributed by atoms with Gasteiger partial charge in [0.2, 0.25) is 0 Å². The topological polar surface area (TPSA) is 72.8 Å². The van der Waals surface area contributed by atoms with Crippen molar-refractivity contribution in [1.29, 1.82) is 0 Å². The van der Waals surface area contributed by atoms with E-state index in [9.17, 15) is 14.7 Å². The van der Waals surface area contributed by atoms with E-state index in [1.54, 1.807) is 30.4 Å². The number of benzene rings is 1. The van der Waals surface area contributed by atoms with Gasteiger partial charge >= 0.3 is 5.97 Å². The van der Waals surface area contributed by atoms with Crippen molar-refractivity contribution >= 4 is 12.3 Å². The molecule has 1 aromatic carbocycles. The van der Waals surface area contributed by atoms with Crippen molar-refractivity contribution in [3.63, 3.8) is 0 Å². The van der Waals surface area contributed by atoms with Gasteiger partial charge < -0.3 is 14.6 Å². The van der Waals surface area contributed by atoms with Gasteiger partial charge in [-0.3, -0.25) is 4.79 Å². The first-order valence-electron chi connectivity index (χ1n) is 8.20. The van der Waals surface area contributed by atoms with Crippen molar-refractivity contribution < 1.29 is 24.2 Å². The van der Waals surface area contributed by atoms with Crippen LogP contribution in [0.4, 0.5) is 0 Å². The van der Waals surface area contributed by atoms with E-state index in [2.05, 4.69) is 13.2 Å². The van der Waals surface area contributed by atoms with Gasteiger partial charge in [0.1, 0.15) is 11.3 Å². The number of hydrogen-bond donors (Lipinski definition) is 1. The Morgan fingerprint density at radius 1 is 1.32 bits per heavy atom. The molecular formula is C20H26O5. The zero-order chi connectivity index (χ0) is 18.8. The number of rotatable bonds is 11. The number of aliphatic hydroxyl groups excluding tert-OH is 1. The second-order valence-electron chi connectivity index (χ2n) is 5.87. The van der Waals surface area contributed by atoms with Crippen LogP contribution in [0.25, 0.3) is 0 Å². The first kappa shape index (κ1) is 20.6. The minimum Gasteiger partial charge on any atom is -0.496 e. The fraction of sp³-hybridized carbons (Fsp3) is 0.400. The van der Waals surface area contributed by atoms with Crippen molar-refractivity contribution in [1.82, 2.24) is 0 Å². The summed E-state index contributed by atoms with van der Waals surface area (Å²) in [5.74, 6) is -0.370. The molecule has 5 nitrogen and oxygen atoms in total. The number of allylic oxidation sites excluding steroid dienone is 2. The van der Waals surface area contributed by atoms with Crippen LogP contribution < -0.4 is 4.74 Å². The smallest absolute Gasteiger partial charge is 0.342 e. The molecule has 0 aliphatic rings. The Morgan fingerprint density at radius 3 is 2.60 bits per heavy atom. The first-order valence-corrected chi connectivity index (χ1v) is 8.20. The van der Waals surface area contributed by atoms with E-state index in [-0.39, 0.29) is 17.9 Å². The number of aldehydes is 1. The molecule has 5 heteroatoms. The average Bonchev–Trinajstić information content (AvgIpc) is 2.60. The van der Waals surface area contributed by atoms with Crippen molar-refractivity contribution in [2.75, 3.05) is 7.11 Å². The largest absolute Gasteiger partial charge is 0.496 e. The quantitative estimate of drug-likeness (QED) is 0.379. The van der Waals surface area contributed by atoms with Gasteiger partial charge in [-0.05, 0) is 30.4 Å². The van der Waals surface area contributed by atoms with E-state index in [0.29, 0.717) is 30.4 Å². The van der Waals surface area contributed by atoms with Gasteiger partial charge in [0.25, 0.3) is 0 Å². The molecule has 0 saturated carbocycles. The summed E-state index contributed by atoms with van der Waals surface area (Å²) >= 11 is 0. The van der Waals surface area contributed by atoms with Gasteiger partial charge in [-0.1, -0.05) is 31.2 Å². The lowest BCUT2D eigenvalue weighted by Crippen LogP contribution is -2.29. The number of ether oxygens (including phenoxy) is 2. The fourth-order valence-corrected chi connectivity index (χ4v) is 2.52. The highest BCUT2D eigenvalue weighted by Crippen LogP contribution is 2.25. The molecule has 0 heterocycles. The maximum atomic E-state index is 12.6. The summed E-state index contributed by atoms with van der Waals surface area (Å²) in [6, 6.07) is 5.20. The molecule has 25 heavy (non-hydrogen) atoms. The van der Waals surface area contributed by atoms with Gasteiger partial charge in [0.15, 0.2) is 12.4 Å².